The van der Waals surface area contributed by atoms with Crippen LogP contribution in [0.1, 0.15) is 56.1 Å². The number of piperidine rings is 1. The molecule has 0 aromatic heterocycles. The van der Waals surface area contributed by atoms with E-state index in [1.165, 1.54) is 12.0 Å². The van der Waals surface area contributed by atoms with Crippen molar-refractivity contribution in [2.24, 2.45) is 11.7 Å². The quantitative estimate of drug-likeness (QED) is 0.455. The second-order valence-electron chi connectivity index (χ2n) is 9.10. The minimum Gasteiger partial charge on any atom is -0.493 e. The lowest BCUT2D eigenvalue weighted by Gasteiger charge is -2.33. The minimum atomic E-state index is -3.39. The topological polar surface area (TPSA) is 112 Å². The van der Waals surface area contributed by atoms with Crippen molar-refractivity contribution in [3.05, 3.63) is 29.3 Å². The van der Waals surface area contributed by atoms with Crippen LogP contribution in [0.25, 0.3) is 0 Å². The van der Waals surface area contributed by atoms with E-state index in [1.54, 1.807) is 4.31 Å². The first-order chi connectivity index (χ1) is 14.9. The number of nitrogens with zero attached hydrogens (tertiary/aromatic N) is 2. The van der Waals surface area contributed by atoms with Gasteiger partial charge in [0, 0.05) is 32.2 Å². The van der Waals surface area contributed by atoms with Crippen molar-refractivity contribution in [1.82, 2.24) is 13.9 Å². The summed E-state index contributed by atoms with van der Waals surface area (Å²) in [5.41, 5.74) is 8.09. The summed E-state index contributed by atoms with van der Waals surface area (Å²) < 4.78 is 36.0. The lowest BCUT2D eigenvalue weighted by Crippen LogP contribution is -2.49. The van der Waals surface area contributed by atoms with Gasteiger partial charge in [0.15, 0.2) is 5.96 Å². The summed E-state index contributed by atoms with van der Waals surface area (Å²) in [4.78, 5) is 1.86. The molecule has 0 amide bonds. The van der Waals surface area contributed by atoms with Gasteiger partial charge in [0.05, 0.1) is 6.61 Å². The molecule has 172 valence electrons. The third kappa shape index (κ3) is 5.70. The van der Waals surface area contributed by atoms with Crippen molar-refractivity contribution >= 4 is 16.2 Å². The van der Waals surface area contributed by atoms with E-state index in [0.717, 1.165) is 62.8 Å². The molecule has 0 spiro atoms. The molecule has 2 fully saturated rings. The molecule has 0 atom stereocenters. The Hall–Kier alpha value is -1.84. The molecule has 3 aliphatic rings. The van der Waals surface area contributed by atoms with E-state index in [9.17, 15) is 8.42 Å². The second-order valence-corrected chi connectivity index (χ2v) is 10.8. The Morgan fingerprint density at radius 3 is 2.55 bits per heavy atom. The number of hydrogen-bond donors (Lipinski definition) is 3. The van der Waals surface area contributed by atoms with Gasteiger partial charge in [-0.25, -0.2) is 0 Å². The summed E-state index contributed by atoms with van der Waals surface area (Å²) in [6.07, 6.45) is 7.86. The van der Waals surface area contributed by atoms with Crippen LogP contribution in [0.15, 0.2) is 18.2 Å². The van der Waals surface area contributed by atoms with Crippen LogP contribution in [-0.2, 0) is 23.2 Å². The highest BCUT2D eigenvalue weighted by Crippen LogP contribution is 2.26. The third-order valence-electron chi connectivity index (χ3n) is 6.85. The van der Waals surface area contributed by atoms with Gasteiger partial charge in [-0.05, 0) is 61.3 Å². The predicted octanol–water partition coefficient (Wildman–Crippen LogP) is 2.20. The van der Waals surface area contributed by atoms with E-state index >= 15 is 0 Å². The van der Waals surface area contributed by atoms with Crippen molar-refractivity contribution < 1.29 is 13.2 Å². The van der Waals surface area contributed by atoms with Gasteiger partial charge in [-0.1, -0.05) is 25.3 Å². The molecular formula is C22H35N5O3S. The summed E-state index contributed by atoms with van der Waals surface area (Å²) in [5.74, 6) is 1.29. The van der Waals surface area contributed by atoms with Crippen molar-refractivity contribution in [1.29, 1.82) is 5.41 Å². The maximum Gasteiger partial charge on any atom is 0.279 e. The zero-order valence-electron chi connectivity index (χ0n) is 18.2. The van der Waals surface area contributed by atoms with Gasteiger partial charge < -0.3 is 15.4 Å². The first kappa shape index (κ1) is 22.4. The molecule has 0 radical (unpaired) electrons. The van der Waals surface area contributed by atoms with Crippen molar-refractivity contribution in [3.8, 4) is 5.75 Å². The van der Waals surface area contributed by atoms with Crippen LogP contribution in [-0.4, -0.2) is 55.9 Å². The number of guanidine groups is 1. The number of nitrogens with one attached hydrogen (secondary N) is 2. The van der Waals surface area contributed by atoms with Crippen molar-refractivity contribution in [2.75, 3.05) is 26.2 Å². The van der Waals surface area contributed by atoms with Gasteiger partial charge in [-0.2, -0.15) is 17.4 Å². The summed E-state index contributed by atoms with van der Waals surface area (Å²) in [6.45, 7) is 3.12. The molecule has 9 heteroatoms. The summed E-state index contributed by atoms with van der Waals surface area (Å²) in [5, 5.41) is 7.65. The fourth-order valence-electron chi connectivity index (χ4n) is 4.86. The largest absolute Gasteiger partial charge is 0.493 e. The third-order valence-corrected chi connectivity index (χ3v) is 8.53. The molecule has 4 rings (SSSR count). The lowest BCUT2D eigenvalue weighted by atomic mass is 9.96. The molecule has 4 N–H and O–H groups in total. The smallest absolute Gasteiger partial charge is 0.279 e. The fourth-order valence-corrected chi connectivity index (χ4v) is 6.36. The highest BCUT2D eigenvalue weighted by molar-refractivity contribution is 7.87. The van der Waals surface area contributed by atoms with E-state index in [4.69, 9.17) is 15.9 Å². The standard InChI is InChI=1S/C22H35N5O3S/c23-22(24)26-11-10-18-6-7-21(14-19(18)15-26)30-16-17-8-12-27(13-9-17)31(28,29)25-20-4-2-1-3-5-20/h6-7,14,17,20,25H,1-5,8-13,15-16H2,(H3,23,24). The zero-order chi connectivity index (χ0) is 21.8. The number of nitrogens with two attached hydrogens (primary N) is 1. The fraction of sp³-hybridized carbons (Fsp3) is 0.682. The molecule has 1 saturated heterocycles. The molecule has 31 heavy (non-hydrogen) atoms. The summed E-state index contributed by atoms with van der Waals surface area (Å²) >= 11 is 0. The van der Waals surface area contributed by atoms with Crippen LogP contribution < -0.4 is 15.2 Å². The molecule has 1 aromatic rings. The maximum absolute atomic E-state index is 12.7. The second kappa shape index (κ2) is 9.75. The Labute approximate surface area is 185 Å². The Kier molecular flexibility index (Phi) is 7.03. The Bertz CT molecular complexity index is 877. The monoisotopic (exact) mass is 449 g/mol. The van der Waals surface area contributed by atoms with Crippen LogP contribution in [0, 0.1) is 11.3 Å². The van der Waals surface area contributed by atoms with Crippen LogP contribution in [0.2, 0.25) is 0 Å². The molecule has 1 aromatic carbocycles. The molecule has 1 saturated carbocycles. The van der Waals surface area contributed by atoms with Crippen LogP contribution in [0.5, 0.6) is 5.75 Å². The molecule has 8 nitrogen and oxygen atoms in total. The van der Waals surface area contributed by atoms with Gasteiger partial charge in [-0.15, -0.1) is 0 Å². The average Bonchev–Trinajstić information content (AvgIpc) is 2.78. The SMILES string of the molecule is N=C(N)N1CCc2ccc(OCC3CCN(S(=O)(=O)NC4CCCCC4)CC3)cc2C1. The minimum absolute atomic E-state index is 0.0998. The highest BCUT2D eigenvalue weighted by Gasteiger charge is 2.30. The number of benzene rings is 1. The summed E-state index contributed by atoms with van der Waals surface area (Å²) in [7, 11) is -3.39. The first-order valence-electron chi connectivity index (χ1n) is 11.5. The van der Waals surface area contributed by atoms with Gasteiger partial charge in [0.1, 0.15) is 5.75 Å². The Morgan fingerprint density at radius 1 is 1.10 bits per heavy atom. The molecule has 0 bridgehead atoms. The number of rotatable bonds is 6. The van der Waals surface area contributed by atoms with Crippen LogP contribution in [0.4, 0.5) is 0 Å². The average molecular weight is 450 g/mol. The van der Waals surface area contributed by atoms with Crippen molar-refractivity contribution in [2.45, 2.75) is 64.0 Å². The Morgan fingerprint density at radius 2 is 1.84 bits per heavy atom. The van der Waals surface area contributed by atoms with Gasteiger partial charge in [-0.3, -0.25) is 5.41 Å². The Balaban J connectivity index is 1.25. The summed E-state index contributed by atoms with van der Waals surface area (Å²) in [6, 6.07) is 6.27. The first-order valence-corrected chi connectivity index (χ1v) is 13.0. The number of fused-ring (bicyclic) bond motifs is 1. The molecule has 2 heterocycles. The van der Waals surface area contributed by atoms with E-state index in [0.29, 0.717) is 32.2 Å². The lowest BCUT2D eigenvalue weighted by molar-refractivity contribution is 0.183. The van der Waals surface area contributed by atoms with Crippen LogP contribution >= 0.6 is 0 Å². The molecular weight excluding hydrogens is 414 g/mol. The van der Waals surface area contributed by atoms with Gasteiger partial charge in [0.25, 0.3) is 10.2 Å². The van der Waals surface area contributed by atoms with E-state index in [-0.39, 0.29) is 12.0 Å². The van der Waals surface area contributed by atoms with Crippen molar-refractivity contribution in [3.63, 3.8) is 0 Å². The number of ether oxygens (including phenoxy) is 1. The maximum atomic E-state index is 12.7. The molecule has 2 aliphatic heterocycles. The molecule has 0 unspecified atom stereocenters. The van der Waals surface area contributed by atoms with E-state index < -0.39 is 10.2 Å². The van der Waals surface area contributed by atoms with E-state index in [2.05, 4.69) is 16.9 Å². The highest BCUT2D eigenvalue weighted by atomic mass is 32.2. The van der Waals surface area contributed by atoms with E-state index in [1.807, 2.05) is 11.0 Å². The zero-order valence-corrected chi connectivity index (χ0v) is 19.0. The van der Waals surface area contributed by atoms with Crippen LogP contribution in [0.3, 0.4) is 0 Å². The van der Waals surface area contributed by atoms with Gasteiger partial charge >= 0.3 is 0 Å². The predicted molar refractivity (Wildman–Crippen MR) is 121 cm³/mol. The normalized spacial score (nSPS) is 21.6. The van der Waals surface area contributed by atoms with Gasteiger partial charge in [0.2, 0.25) is 0 Å². The molecule has 1 aliphatic carbocycles. The number of hydrogen-bond acceptors (Lipinski definition) is 4.